The van der Waals surface area contributed by atoms with Crippen molar-refractivity contribution >= 4 is 40.8 Å². The van der Waals surface area contributed by atoms with Crippen molar-refractivity contribution in [2.75, 3.05) is 23.8 Å². The molecule has 0 aliphatic carbocycles. The molecule has 0 heterocycles. The number of aromatic carboxylic acids is 2. The van der Waals surface area contributed by atoms with Crippen molar-refractivity contribution in [1.82, 2.24) is 0 Å². The molecular weight excluding hydrogens is 598 g/mol. The van der Waals surface area contributed by atoms with Crippen LogP contribution >= 0.6 is 0 Å². The Balaban J connectivity index is 1.28. The van der Waals surface area contributed by atoms with Crippen molar-refractivity contribution in [2.45, 2.75) is 13.8 Å². The number of benzene rings is 4. The first-order chi connectivity index (χ1) is 21.8. The molecule has 13 nitrogen and oxygen atoms in total. The monoisotopic (exact) mass is 627 g/mol. The fourth-order valence-corrected chi connectivity index (χ4v) is 4.15. The second-order valence-corrected chi connectivity index (χ2v) is 10.8. The van der Waals surface area contributed by atoms with Gasteiger partial charge in [0, 0.05) is 28.9 Å². The molecule has 4 aromatic carbocycles. The van der Waals surface area contributed by atoms with Gasteiger partial charge in [0.2, 0.25) is 0 Å². The Kier molecular flexibility index (Phi) is 9.96. The minimum atomic E-state index is -1.39. The summed E-state index contributed by atoms with van der Waals surface area (Å²) in [6.45, 7) is 4.43. The number of nitro benzene ring substituents is 1. The summed E-state index contributed by atoms with van der Waals surface area (Å²) in [6.07, 6.45) is 0. The average molecular weight is 628 g/mol. The number of nitrogens with zero attached hydrogens (tertiary/aromatic N) is 1. The van der Waals surface area contributed by atoms with Gasteiger partial charge < -0.3 is 30.3 Å². The SMILES string of the molecule is CC(C)(COc1ccc(NC(=O)c2ccccc2C(=O)O)cc1)COc1ccc(NC(=O)c2cc([N+](=O)[O-])ccc2C(=O)O)cc1. The van der Waals surface area contributed by atoms with E-state index in [1.165, 1.54) is 12.1 Å². The van der Waals surface area contributed by atoms with E-state index in [1.807, 2.05) is 13.8 Å². The largest absolute Gasteiger partial charge is 0.493 e. The van der Waals surface area contributed by atoms with Gasteiger partial charge in [0.05, 0.1) is 40.4 Å². The second-order valence-electron chi connectivity index (χ2n) is 10.8. The lowest BCUT2D eigenvalue weighted by atomic mass is 9.96. The predicted molar refractivity (Wildman–Crippen MR) is 167 cm³/mol. The Morgan fingerprint density at radius 3 is 1.57 bits per heavy atom. The van der Waals surface area contributed by atoms with Gasteiger partial charge in [-0.15, -0.1) is 0 Å². The number of nitrogens with one attached hydrogen (secondary N) is 2. The van der Waals surface area contributed by atoms with E-state index in [9.17, 15) is 39.5 Å². The highest BCUT2D eigenvalue weighted by Crippen LogP contribution is 2.25. The molecule has 46 heavy (non-hydrogen) atoms. The molecule has 0 spiro atoms. The van der Waals surface area contributed by atoms with Gasteiger partial charge >= 0.3 is 11.9 Å². The summed E-state index contributed by atoms with van der Waals surface area (Å²) in [5.41, 5.74) is -0.810. The Morgan fingerprint density at radius 2 is 1.11 bits per heavy atom. The number of carbonyl (C=O) groups is 4. The summed E-state index contributed by atoms with van der Waals surface area (Å²) in [4.78, 5) is 58.6. The Morgan fingerprint density at radius 1 is 0.674 bits per heavy atom. The number of non-ortho nitro benzene ring substituents is 1. The number of carboxylic acid groups (broad SMARTS) is 2. The maximum absolute atomic E-state index is 12.7. The first-order valence-corrected chi connectivity index (χ1v) is 13.8. The molecular formula is C33H29N3O10. The van der Waals surface area contributed by atoms with E-state index >= 15 is 0 Å². The summed E-state index contributed by atoms with van der Waals surface area (Å²) in [5, 5.41) is 35.0. The molecule has 4 aromatic rings. The number of ether oxygens (including phenoxy) is 2. The highest BCUT2D eigenvalue weighted by atomic mass is 16.6. The molecule has 13 heteroatoms. The highest BCUT2D eigenvalue weighted by Gasteiger charge is 2.22. The molecule has 2 amide bonds. The topological polar surface area (TPSA) is 194 Å². The third-order valence-electron chi connectivity index (χ3n) is 6.57. The number of hydrogen-bond acceptors (Lipinski definition) is 8. The zero-order valence-corrected chi connectivity index (χ0v) is 24.7. The van der Waals surface area contributed by atoms with Crippen LogP contribution in [0, 0.1) is 15.5 Å². The van der Waals surface area contributed by atoms with Gasteiger partial charge in [-0.3, -0.25) is 19.7 Å². The van der Waals surface area contributed by atoms with Crippen LogP contribution in [0.15, 0.2) is 91.0 Å². The van der Waals surface area contributed by atoms with Crippen molar-refractivity contribution in [3.63, 3.8) is 0 Å². The first-order valence-electron chi connectivity index (χ1n) is 13.8. The molecule has 0 aliphatic heterocycles. The fourth-order valence-electron chi connectivity index (χ4n) is 4.15. The summed E-state index contributed by atoms with van der Waals surface area (Å²) in [5.74, 6) is -2.90. The molecule has 0 saturated carbocycles. The number of hydrogen-bond donors (Lipinski definition) is 4. The summed E-state index contributed by atoms with van der Waals surface area (Å²) in [7, 11) is 0. The smallest absolute Gasteiger partial charge is 0.336 e. The summed E-state index contributed by atoms with van der Waals surface area (Å²) >= 11 is 0. The van der Waals surface area contributed by atoms with Crippen molar-refractivity contribution in [3.8, 4) is 11.5 Å². The molecule has 0 unspecified atom stereocenters. The number of carbonyl (C=O) groups excluding carboxylic acids is 2. The molecule has 4 N–H and O–H groups in total. The van der Waals surface area contributed by atoms with Gasteiger partial charge in [0.15, 0.2) is 0 Å². The van der Waals surface area contributed by atoms with Crippen LogP contribution in [0.4, 0.5) is 17.1 Å². The maximum atomic E-state index is 12.7. The van der Waals surface area contributed by atoms with Gasteiger partial charge in [0.1, 0.15) is 11.5 Å². The van der Waals surface area contributed by atoms with Crippen molar-refractivity contribution in [1.29, 1.82) is 0 Å². The normalized spacial score (nSPS) is 10.8. The van der Waals surface area contributed by atoms with Crippen LogP contribution in [0.5, 0.6) is 11.5 Å². The number of anilines is 2. The molecule has 0 atom stereocenters. The number of carboxylic acids is 2. The van der Waals surface area contributed by atoms with Crippen LogP contribution < -0.4 is 20.1 Å². The quantitative estimate of drug-likeness (QED) is 0.101. The molecule has 4 rings (SSSR count). The van der Waals surface area contributed by atoms with E-state index < -0.39 is 39.8 Å². The fraction of sp³-hybridized carbons (Fsp3) is 0.152. The van der Waals surface area contributed by atoms with Crippen molar-refractivity contribution in [3.05, 3.63) is 123 Å². The number of nitro groups is 1. The lowest BCUT2D eigenvalue weighted by Crippen LogP contribution is -2.28. The van der Waals surface area contributed by atoms with Crippen LogP contribution in [0.2, 0.25) is 0 Å². The standard InChI is InChI=1S/C33H29N3O10/c1-33(2,18-45-23-12-7-20(8-13-23)34-29(37)25-5-3-4-6-26(25)31(39)40)19-46-24-14-9-21(10-15-24)35-30(38)28-17-22(36(43)44)11-16-27(28)32(41)42/h3-17H,18-19H2,1-2H3,(H,34,37)(H,35,38)(H,39,40)(H,41,42). The van der Waals surface area contributed by atoms with Gasteiger partial charge in [-0.25, -0.2) is 9.59 Å². The highest BCUT2D eigenvalue weighted by molar-refractivity contribution is 6.11. The Bertz CT molecular complexity index is 1780. The van der Waals surface area contributed by atoms with E-state index in [-0.39, 0.29) is 35.5 Å². The lowest BCUT2D eigenvalue weighted by molar-refractivity contribution is -0.384. The maximum Gasteiger partial charge on any atom is 0.336 e. The lowest BCUT2D eigenvalue weighted by Gasteiger charge is -2.25. The average Bonchev–Trinajstić information content (AvgIpc) is 3.03. The third-order valence-corrected chi connectivity index (χ3v) is 6.57. The van der Waals surface area contributed by atoms with Gasteiger partial charge in [-0.2, -0.15) is 0 Å². The van der Waals surface area contributed by atoms with Crippen molar-refractivity contribution < 1.29 is 43.8 Å². The zero-order chi connectivity index (χ0) is 33.4. The first kappa shape index (κ1) is 32.7. The minimum Gasteiger partial charge on any atom is -0.493 e. The van der Waals surface area contributed by atoms with Gasteiger partial charge in [-0.05, 0) is 66.7 Å². The zero-order valence-electron chi connectivity index (χ0n) is 24.7. The van der Waals surface area contributed by atoms with E-state index in [0.29, 0.717) is 22.9 Å². The Labute approximate surface area is 262 Å². The van der Waals surface area contributed by atoms with E-state index in [2.05, 4.69) is 10.6 Å². The van der Waals surface area contributed by atoms with E-state index in [1.54, 1.807) is 60.7 Å². The molecule has 0 aromatic heterocycles. The third kappa shape index (κ3) is 8.44. The van der Waals surface area contributed by atoms with Crippen LogP contribution in [0.25, 0.3) is 0 Å². The molecule has 0 bridgehead atoms. The molecule has 0 radical (unpaired) electrons. The Hall–Kier alpha value is -6.24. The predicted octanol–water partition coefficient (Wildman–Crippen LogP) is 5.98. The molecule has 236 valence electrons. The number of rotatable bonds is 13. The molecule has 0 fully saturated rings. The molecule has 0 saturated heterocycles. The summed E-state index contributed by atoms with van der Waals surface area (Å²) in [6, 6.07) is 21.8. The van der Waals surface area contributed by atoms with E-state index in [0.717, 1.165) is 18.2 Å². The van der Waals surface area contributed by atoms with Gasteiger partial charge in [-0.1, -0.05) is 26.0 Å². The van der Waals surface area contributed by atoms with Crippen molar-refractivity contribution in [2.24, 2.45) is 5.41 Å². The van der Waals surface area contributed by atoms with Crippen LogP contribution in [-0.2, 0) is 0 Å². The van der Waals surface area contributed by atoms with Crippen LogP contribution in [0.1, 0.15) is 55.3 Å². The van der Waals surface area contributed by atoms with Crippen LogP contribution in [0.3, 0.4) is 0 Å². The summed E-state index contributed by atoms with van der Waals surface area (Å²) < 4.78 is 11.8. The van der Waals surface area contributed by atoms with E-state index in [4.69, 9.17) is 9.47 Å². The minimum absolute atomic E-state index is 0.0475. The molecule has 0 aliphatic rings. The van der Waals surface area contributed by atoms with Gasteiger partial charge in [0.25, 0.3) is 17.5 Å². The second kappa shape index (κ2) is 14.0. The number of amides is 2. The van der Waals surface area contributed by atoms with Crippen LogP contribution in [-0.4, -0.2) is 52.1 Å².